The molecule has 0 unspecified atom stereocenters. The van der Waals surface area contributed by atoms with Gasteiger partial charge in [-0.2, -0.15) is 0 Å². The maximum absolute atomic E-state index is 13.0. The number of rotatable bonds is 2. The number of halogens is 1. The van der Waals surface area contributed by atoms with Crippen molar-refractivity contribution in [1.82, 2.24) is 19.7 Å². The van der Waals surface area contributed by atoms with Crippen molar-refractivity contribution in [2.45, 2.75) is 64.6 Å². The quantitative estimate of drug-likeness (QED) is 0.269. The van der Waals surface area contributed by atoms with E-state index in [0.29, 0.717) is 18.1 Å². The van der Waals surface area contributed by atoms with Crippen LogP contribution in [0, 0.1) is 0 Å². The zero-order valence-electron chi connectivity index (χ0n) is 21.9. The SMILES string of the molecule is CC(C)(C)OC(=O)N1Cc2cc(Cl)ccc2-n2c(nnc2[C@@H]2CC=C(c3cccc4ccccc34)CC2)C1. The van der Waals surface area contributed by atoms with Crippen LogP contribution in [0.1, 0.15) is 68.7 Å². The summed E-state index contributed by atoms with van der Waals surface area (Å²) in [5, 5.41) is 12.4. The normalized spacial score (nSPS) is 17.4. The standard InChI is InChI=1S/C31H31ClN4O2/c1-31(2,3)38-30(37)35-18-23-17-24(32)15-16-27(23)36-28(19-35)33-34-29(36)22-13-11-21(12-14-22)26-10-6-8-20-7-4-5-9-25(20)26/h4-11,15-17,22H,12-14,18-19H2,1-3H3/t22-/m1/s1. The highest BCUT2D eigenvalue weighted by Gasteiger charge is 2.32. The van der Waals surface area contributed by atoms with Gasteiger partial charge in [-0.05, 0) is 85.7 Å². The van der Waals surface area contributed by atoms with Gasteiger partial charge >= 0.3 is 6.09 Å². The highest BCUT2D eigenvalue weighted by Crippen LogP contribution is 2.39. The minimum absolute atomic E-state index is 0.228. The zero-order chi connectivity index (χ0) is 26.4. The molecule has 1 atom stereocenters. The Morgan fingerprint density at radius 2 is 1.84 bits per heavy atom. The fourth-order valence-electron chi connectivity index (χ4n) is 5.57. The summed E-state index contributed by atoms with van der Waals surface area (Å²) in [6.07, 6.45) is 4.82. The molecule has 0 radical (unpaired) electrons. The molecule has 0 fully saturated rings. The second-order valence-corrected chi connectivity index (χ2v) is 11.6. The summed E-state index contributed by atoms with van der Waals surface area (Å²) in [5.74, 6) is 1.89. The highest BCUT2D eigenvalue weighted by atomic mass is 35.5. The number of allylic oxidation sites excluding steroid dienone is 2. The predicted octanol–water partition coefficient (Wildman–Crippen LogP) is 7.68. The predicted molar refractivity (Wildman–Crippen MR) is 150 cm³/mol. The van der Waals surface area contributed by atoms with Crippen LogP contribution in [0.5, 0.6) is 0 Å². The minimum atomic E-state index is -0.588. The Kier molecular flexibility index (Phi) is 6.23. The zero-order valence-corrected chi connectivity index (χ0v) is 22.7. The van der Waals surface area contributed by atoms with E-state index in [4.69, 9.17) is 16.3 Å². The van der Waals surface area contributed by atoms with Crippen molar-refractivity contribution in [3.8, 4) is 5.69 Å². The van der Waals surface area contributed by atoms with Crippen LogP contribution in [-0.2, 0) is 17.8 Å². The van der Waals surface area contributed by atoms with E-state index >= 15 is 0 Å². The van der Waals surface area contributed by atoms with Crippen molar-refractivity contribution < 1.29 is 9.53 Å². The monoisotopic (exact) mass is 526 g/mol. The fraction of sp³-hybridized carbons (Fsp3) is 0.323. The maximum atomic E-state index is 13.0. The lowest BCUT2D eigenvalue weighted by Crippen LogP contribution is -2.35. The molecule has 1 amide bonds. The van der Waals surface area contributed by atoms with Crippen LogP contribution in [-0.4, -0.2) is 31.4 Å². The number of carbonyl (C=O) groups excluding carboxylic acids is 1. The van der Waals surface area contributed by atoms with Gasteiger partial charge < -0.3 is 4.74 Å². The Balaban J connectivity index is 1.34. The topological polar surface area (TPSA) is 60.2 Å². The summed E-state index contributed by atoms with van der Waals surface area (Å²) >= 11 is 6.39. The van der Waals surface area contributed by atoms with Crippen molar-refractivity contribution in [1.29, 1.82) is 0 Å². The van der Waals surface area contributed by atoms with Gasteiger partial charge in [0.2, 0.25) is 0 Å². The molecule has 3 aromatic carbocycles. The first-order chi connectivity index (χ1) is 18.3. The van der Waals surface area contributed by atoms with E-state index in [1.807, 2.05) is 39.0 Å². The first-order valence-corrected chi connectivity index (χ1v) is 13.5. The van der Waals surface area contributed by atoms with E-state index in [1.165, 1.54) is 21.9 Å². The Morgan fingerprint density at radius 3 is 2.63 bits per heavy atom. The van der Waals surface area contributed by atoms with Crippen molar-refractivity contribution in [2.24, 2.45) is 0 Å². The molecule has 1 aliphatic heterocycles. The van der Waals surface area contributed by atoms with Crippen molar-refractivity contribution >= 4 is 34.0 Å². The van der Waals surface area contributed by atoms with E-state index in [0.717, 1.165) is 42.2 Å². The summed E-state index contributed by atoms with van der Waals surface area (Å²) in [6, 6.07) is 20.9. The number of hydrogen-bond donors (Lipinski definition) is 0. The molecule has 2 heterocycles. The Labute approximate surface area is 227 Å². The van der Waals surface area contributed by atoms with Gasteiger partial charge in [0.05, 0.1) is 18.8 Å². The molecule has 6 nitrogen and oxygen atoms in total. The molecule has 0 saturated carbocycles. The van der Waals surface area contributed by atoms with E-state index in [-0.39, 0.29) is 12.0 Å². The smallest absolute Gasteiger partial charge is 0.411 e. The number of carbonyl (C=O) groups is 1. The molecule has 0 bridgehead atoms. The summed E-state index contributed by atoms with van der Waals surface area (Å²) in [7, 11) is 0. The van der Waals surface area contributed by atoms with Gasteiger partial charge in [-0.1, -0.05) is 60.1 Å². The van der Waals surface area contributed by atoms with E-state index in [1.54, 1.807) is 4.90 Å². The molecule has 38 heavy (non-hydrogen) atoms. The van der Waals surface area contributed by atoms with Gasteiger partial charge in [0.1, 0.15) is 11.4 Å². The number of nitrogens with zero attached hydrogens (tertiary/aromatic N) is 4. The molecule has 6 rings (SSSR count). The third-order valence-corrected chi connectivity index (χ3v) is 7.53. The molecular formula is C31H31ClN4O2. The lowest BCUT2D eigenvalue weighted by Gasteiger charge is -2.26. The number of ether oxygens (including phenoxy) is 1. The van der Waals surface area contributed by atoms with Gasteiger partial charge in [0.15, 0.2) is 5.82 Å². The van der Waals surface area contributed by atoms with Crippen LogP contribution in [0.4, 0.5) is 4.79 Å². The Bertz CT molecular complexity index is 1560. The third-order valence-electron chi connectivity index (χ3n) is 7.29. The number of fused-ring (bicyclic) bond motifs is 4. The first kappa shape index (κ1) is 24.7. The van der Waals surface area contributed by atoms with Crippen LogP contribution in [0.25, 0.3) is 22.0 Å². The summed E-state index contributed by atoms with van der Waals surface area (Å²) < 4.78 is 7.83. The van der Waals surface area contributed by atoms with Crippen LogP contribution in [0.3, 0.4) is 0 Å². The lowest BCUT2D eigenvalue weighted by molar-refractivity contribution is 0.0214. The molecule has 0 spiro atoms. The average Bonchev–Trinajstić information content (AvgIpc) is 3.23. The highest BCUT2D eigenvalue weighted by molar-refractivity contribution is 6.30. The number of amides is 1. The van der Waals surface area contributed by atoms with E-state index in [2.05, 4.69) is 63.3 Å². The van der Waals surface area contributed by atoms with E-state index < -0.39 is 5.60 Å². The molecule has 4 aromatic rings. The summed E-state index contributed by atoms with van der Waals surface area (Å²) in [6.45, 7) is 6.33. The number of hydrogen-bond acceptors (Lipinski definition) is 4. The maximum Gasteiger partial charge on any atom is 0.411 e. The van der Waals surface area contributed by atoms with Crippen molar-refractivity contribution in [3.05, 3.63) is 94.5 Å². The molecular weight excluding hydrogens is 496 g/mol. The van der Waals surface area contributed by atoms with Crippen LogP contribution < -0.4 is 0 Å². The van der Waals surface area contributed by atoms with Crippen molar-refractivity contribution in [2.75, 3.05) is 0 Å². The Hall–Kier alpha value is -3.64. The van der Waals surface area contributed by atoms with Gasteiger partial charge in [-0.3, -0.25) is 9.47 Å². The average molecular weight is 527 g/mol. The second-order valence-electron chi connectivity index (χ2n) is 11.1. The largest absolute Gasteiger partial charge is 0.444 e. The van der Waals surface area contributed by atoms with E-state index in [9.17, 15) is 4.79 Å². The lowest BCUT2D eigenvalue weighted by atomic mass is 9.84. The molecule has 1 aliphatic carbocycles. The molecule has 7 heteroatoms. The van der Waals surface area contributed by atoms with Crippen LogP contribution in [0.15, 0.2) is 66.7 Å². The third kappa shape index (κ3) is 4.69. The first-order valence-electron chi connectivity index (χ1n) is 13.1. The van der Waals surface area contributed by atoms with Gasteiger partial charge in [0, 0.05) is 10.9 Å². The van der Waals surface area contributed by atoms with Gasteiger partial charge in [-0.25, -0.2) is 4.79 Å². The van der Waals surface area contributed by atoms with Crippen LogP contribution >= 0.6 is 11.6 Å². The van der Waals surface area contributed by atoms with Gasteiger partial charge in [-0.15, -0.1) is 10.2 Å². The Morgan fingerprint density at radius 1 is 1.03 bits per heavy atom. The molecule has 1 aromatic heterocycles. The van der Waals surface area contributed by atoms with Crippen molar-refractivity contribution in [3.63, 3.8) is 0 Å². The molecule has 194 valence electrons. The summed E-state index contributed by atoms with van der Waals surface area (Å²) in [4.78, 5) is 14.7. The second kappa shape index (κ2) is 9.59. The molecule has 0 saturated heterocycles. The fourth-order valence-corrected chi connectivity index (χ4v) is 5.76. The molecule has 2 aliphatic rings. The number of aromatic nitrogens is 3. The number of benzene rings is 3. The molecule has 0 N–H and O–H groups in total. The summed E-state index contributed by atoms with van der Waals surface area (Å²) in [5.41, 5.74) is 4.03. The van der Waals surface area contributed by atoms with Crippen LogP contribution in [0.2, 0.25) is 5.02 Å². The minimum Gasteiger partial charge on any atom is -0.444 e. The van der Waals surface area contributed by atoms with Gasteiger partial charge in [0.25, 0.3) is 0 Å².